The first-order valence-electron chi connectivity index (χ1n) is 6.07. The molecule has 0 aromatic heterocycles. The molecule has 5 heteroatoms. The van der Waals surface area contributed by atoms with Crippen molar-refractivity contribution in [3.05, 3.63) is 24.3 Å². The van der Waals surface area contributed by atoms with E-state index in [4.69, 9.17) is 11.6 Å². The van der Waals surface area contributed by atoms with E-state index in [1.54, 1.807) is 12.1 Å². The van der Waals surface area contributed by atoms with Crippen LogP contribution >= 0.6 is 11.6 Å². The number of para-hydroxylation sites is 1. The summed E-state index contributed by atoms with van der Waals surface area (Å²) in [5.74, 6) is 1.02. The Labute approximate surface area is 114 Å². The maximum atomic E-state index is 11.8. The third-order valence-electron chi connectivity index (χ3n) is 3.61. The fraction of sp³-hybridized carbons (Fsp3) is 0.538. The molecule has 1 saturated heterocycles. The predicted molar refractivity (Wildman–Crippen MR) is 75.2 cm³/mol. The number of halogens is 1. The van der Waals surface area contributed by atoms with Crippen LogP contribution in [-0.2, 0) is 9.84 Å². The monoisotopic (exact) mass is 287 g/mol. The molecular weight excluding hydrogens is 270 g/mol. The Kier molecular flexibility index (Phi) is 3.87. The van der Waals surface area contributed by atoms with Gasteiger partial charge < -0.3 is 4.90 Å². The van der Waals surface area contributed by atoms with Gasteiger partial charge in [0, 0.05) is 24.7 Å². The fourth-order valence-corrected chi connectivity index (χ4v) is 3.91. The van der Waals surface area contributed by atoms with Gasteiger partial charge in [-0.25, -0.2) is 8.42 Å². The summed E-state index contributed by atoms with van der Waals surface area (Å²) >= 11 is 6.02. The molecule has 0 bridgehead atoms. The average molecular weight is 288 g/mol. The second-order valence-electron chi connectivity index (χ2n) is 4.92. The van der Waals surface area contributed by atoms with Crippen LogP contribution in [0, 0.1) is 5.92 Å². The Balaban J connectivity index is 2.46. The maximum Gasteiger partial charge on any atom is 0.177 e. The Morgan fingerprint density at radius 3 is 2.67 bits per heavy atom. The summed E-state index contributed by atoms with van der Waals surface area (Å²) in [6.45, 7) is 3.03. The van der Waals surface area contributed by atoms with Gasteiger partial charge in [0.1, 0.15) is 0 Å². The van der Waals surface area contributed by atoms with E-state index in [0.717, 1.165) is 18.7 Å². The third-order valence-corrected chi connectivity index (χ3v) is 5.08. The number of sulfone groups is 1. The lowest BCUT2D eigenvalue weighted by Gasteiger charge is -2.28. The molecule has 0 spiro atoms. The number of hydrogen-bond acceptors (Lipinski definition) is 3. The zero-order valence-electron chi connectivity index (χ0n) is 10.6. The molecule has 1 aromatic rings. The number of nitrogens with zero attached hydrogens (tertiary/aromatic N) is 1. The third kappa shape index (κ3) is 2.50. The molecule has 1 aliphatic heterocycles. The van der Waals surface area contributed by atoms with Crippen LogP contribution in [0.2, 0.25) is 0 Å². The highest BCUT2D eigenvalue weighted by atomic mass is 35.5. The van der Waals surface area contributed by atoms with Crippen molar-refractivity contribution in [3.8, 4) is 0 Å². The first kappa shape index (κ1) is 13.7. The van der Waals surface area contributed by atoms with Crippen LogP contribution in [0.4, 0.5) is 5.69 Å². The van der Waals surface area contributed by atoms with E-state index < -0.39 is 9.84 Å². The van der Waals surface area contributed by atoms with E-state index in [-0.39, 0.29) is 6.04 Å². The molecule has 3 nitrogen and oxygen atoms in total. The largest absolute Gasteiger partial charge is 0.366 e. The van der Waals surface area contributed by atoms with Gasteiger partial charge in [-0.05, 0) is 24.5 Å². The zero-order chi connectivity index (χ0) is 13.3. The molecule has 100 valence electrons. The SMILES string of the molecule is CC1CCN(c2ccccc2S(C)(=O)=O)C1CCl. The lowest BCUT2D eigenvalue weighted by Crippen LogP contribution is -2.34. The normalized spacial score (nSPS) is 24.5. The first-order chi connectivity index (χ1) is 8.45. The first-order valence-corrected chi connectivity index (χ1v) is 8.49. The summed E-state index contributed by atoms with van der Waals surface area (Å²) in [6, 6.07) is 7.38. The fourth-order valence-electron chi connectivity index (χ4n) is 2.55. The summed E-state index contributed by atoms with van der Waals surface area (Å²) < 4.78 is 23.7. The summed E-state index contributed by atoms with van der Waals surface area (Å²) in [5, 5.41) is 0. The summed E-state index contributed by atoms with van der Waals surface area (Å²) in [4.78, 5) is 2.53. The van der Waals surface area contributed by atoms with Gasteiger partial charge in [-0.15, -0.1) is 11.6 Å². The molecule has 1 fully saturated rings. The highest BCUT2D eigenvalue weighted by Gasteiger charge is 2.32. The van der Waals surface area contributed by atoms with Crippen molar-refractivity contribution in [2.24, 2.45) is 5.92 Å². The van der Waals surface area contributed by atoms with E-state index in [9.17, 15) is 8.42 Å². The van der Waals surface area contributed by atoms with E-state index >= 15 is 0 Å². The summed E-state index contributed by atoms with van der Waals surface area (Å²) in [7, 11) is -3.20. The number of anilines is 1. The van der Waals surface area contributed by atoms with Crippen LogP contribution in [0.25, 0.3) is 0 Å². The summed E-state index contributed by atoms with van der Waals surface area (Å²) in [5.41, 5.74) is 0.787. The van der Waals surface area contributed by atoms with Crippen LogP contribution in [-0.4, -0.2) is 33.1 Å². The molecule has 18 heavy (non-hydrogen) atoms. The molecule has 1 aromatic carbocycles. The molecule has 0 radical (unpaired) electrons. The van der Waals surface area contributed by atoms with Gasteiger partial charge in [0.15, 0.2) is 9.84 Å². The molecule has 2 unspecified atom stereocenters. The molecule has 0 amide bonds. The highest BCUT2D eigenvalue weighted by Crippen LogP contribution is 2.34. The molecule has 2 rings (SSSR count). The Morgan fingerprint density at radius 2 is 2.06 bits per heavy atom. The van der Waals surface area contributed by atoms with Crippen LogP contribution < -0.4 is 4.90 Å². The van der Waals surface area contributed by atoms with Gasteiger partial charge in [-0.1, -0.05) is 19.1 Å². The van der Waals surface area contributed by atoms with Gasteiger partial charge in [0.2, 0.25) is 0 Å². The minimum Gasteiger partial charge on any atom is -0.366 e. The number of benzene rings is 1. The van der Waals surface area contributed by atoms with E-state index in [1.807, 2.05) is 12.1 Å². The van der Waals surface area contributed by atoms with Gasteiger partial charge >= 0.3 is 0 Å². The van der Waals surface area contributed by atoms with Crippen molar-refractivity contribution in [1.82, 2.24) is 0 Å². The Hall–Kier alpha value is -0.740. The summed E-state index contributed by atoms with van der Waals surface area (Å²) in [6.07, 6.45) is 2.30. The van der Waals surface area contributed by atoms with Crippen LogP contribution in [0.5, 0.6) is 0 Å². The quantitative estimate of drug-likeness (QED) is 0.802. The zero-order valence-corrected chi connectivity index (χ0v) is 12.2. The minimum atomic E-state index is -3.20. The van der Waals surface area contributed by atoms with Gasteiger partial charge in [0.05, 0.1) is 10.6 Å². The van der Waals surface area contributed by atoms with E-state index in [0.29, 0.717) is 16.7 Å². The van der Waals surface area contributed by atoms with Crippen molar-refractivity contribution < 1.29 is 8.42 Å². The van der Waals surface area contributed by atoms with Gasteiger partial charge in [0.25, 0.3) is 0 Å². The van der Waals surface area contributed by atoms with Crippen LogP contribution in [0.1, 0.15) is 13.3 Å². The molecule has 2 atom stereocenters. The number of alkyl halides is 1. The lowest BCUT2D eigenvalue weighted by molar-refractivity contribution is 0.548. The topological polar surface area (TPSA) is 37.4 Å². The van der Waals surface area contributed by atoms with Crippen molar-refractivity contribution in [2.45, 2.75) is 24.3 Å². The predicted octanol–water partition coefficient (Wildman–Crippen LogP) is 2.54. The lowest BCUT2D eigenvalue weighted by atomic mass is 10.0. The van der Waals surface area contributed by atoms with Crippen LogP contribution in [0.15, 0.2) is 29.2 Å². The maximum absolute atomic E-state index is 11.8. The minimum absolute atomic E-state index is 0.217. The molecule has 0 aliphatic carbocycles. The number of rotatable bonds is 3. The highest BCUT2D eigenvalue weighted by molar-refractivity contribution is 7.90. The number of hydrogen-bond donors (Lipinski definition) is 0. The second-order valence-corrected chi connectivity index (χ2v) is 7.21. The second kappa shape index (κ2) is 5.10. The molecule has 1 aliphatic rings. The Bertz CT molecular complexity index is 530. The van der Waals surface area contributed by atoms with E-state index in [2.05, 4.69) is 11.8 Å². The van der Waals surface area contributed by atoms with Crippen molar-refractivity contribution >= 4 is 27.1 Å². The Morgan fingerprint density at radius 1 is 1.39 bits per heavy atom. The van der Waals surface area contributed by atoms with Crippen molar-refractivity contribution in [1.29, 1.82) is 0 Å². The van der Waals surface area contributed by atoms with Gasteiger partial charge in [-0.2, -0.15) is 0 Å². The van der Waals surface area contributed by atoms with Crippen molar-refractivity contribution in [2.75, 3.05) is 23.6 Å². The standard InChI is InChI=1S/C13H18ClNO2S/c1-10-7-8-15(12(10)9-14)11-5-3-4-6-13(11)18(2,16)17/h3-6,10,12H,7-9H2,1-2H3. The molecule has 0 saturated carbocycles. The molecule has 1 heterocycles. The van der Waals surface area contributed by atoms with E-state index in [1.165, 1.54) is 6.26 Å². The van der Waals surface area contributed by atoms with Gasteiger partial charge in [-0.3, -0.25) is 0 Å². The smallest absolute Gasteiger partial charge is 0.177 e. The molecular formula is C13H18ClNO2S. The van der Waals surface area contributed by atoms with Crippen LogP contribution in [0.3, 0.4) is 0 Å². The average Bonchev–Trinajstić information content (AvgIpc) is 2.69. The molecule has 0 N–H and O–H groups in total. The van der Waals surface area contributed by atoms with Crippen molar-refractivity contribution in [3.63, 3.8) is 0 Å².